The topological polar surface area (TPSA) is 81.1 Å². The first-order valence-corrected chi connectivity index (χ1v) is 7.96. The molecule has 6 nitrogen and oxygen atoms in total. The molecule has 0 aliphatic carbocycles. The number of aromatic nitrogens is 2. The second-order valence-corrected chi connectivity index (χ2v) is 7.42. The standard InChI is InChI=1S/C14H16FN3O3S/c1-14(2,3)18-9-10(8-16-18)13(19)17-22(20,21)12-6-4-5-11(15)7-12/h4-9H,1-3H3,(H,17,19). The van der Waals surface area contributed by atoms with E-state index in [1.165, 1.54) is 24.5 Å². The highest BCUT2D eigenvalue weighted by atomic mass is 32.2. The van der Waals surface area contributed by atoms with Crippen LogP contribution in [0.4, 0.5) is 4.39 Å². The predicted molar refractivity (Wildman–Crippen MR) is 78.3 cm³/mol. The number of amides is 1. The minimum Gasteiger partial charge on any atom is -0.268 e. The Labute approximate surface area is 128 Å². The quantitative estimate of drug-likeness (QED) is 0.934. The van der Waals surface area contributed by atoms with Crippen LogP contribution in [-0.2, 0) is 15.6 Å². The van der Waals surface area contributed by atoms with Gasteiger partial charge < -0.3 is 0 Å². The van der Waals surface area contributed by atoms with E-state index >= 15 is 0 Å². The highest BCUT2D eigenvalue weighted by Gasteiger charge is 2.22. The minimum absolute atomic E-state index is 0.106. The van der Waals surface area contributed by atoms with Crippen molar-refractivity contribution >= 4 is 15.9 Å². The van der Waals surface area contributed by atoms with Gasteiger partial charge in [-0.05, 0) is 39.0 Å². The van der Waals surface area contributed by atoms with Crippen LogP contribution in [-0.4, -0.2) is 24.1 Å². The van der Waals surface area contributed by atoms with Crippen LogP contribution in [0.2, 0.25) is 0 Å². The van der Waals surface area contributed by atoms with Gasteiger partial charge in [0.2, 0.25) is 0 Å². The highest BCUT2D eigenvalue weighted by Crippen LogP contribution is 2.14. The molecule has 118 valence electrons. The van der Waals surface area contributed by atoms with Crippen molar-refractivity contribution in [1.82, 2.24) is 14.5 Å². The molecule has 0 unspecified atom stereocenters. The van der Waals surface area contributed by atoms with Crippen LogP contribution in [0.3, 0.4) is 0 Å². The summed E-state index contributed by atoms with van der Waals surface area (Å²) < 4.78 is 40.6. The van der Waals surface area contributed by atoms with Crippen LogP contribution < -0.4 is 4.72 Å². The molecule has 0 saturated carbocycles. The van der Waals surface area contributed by atoms with Crippen molar-refractivity contribution in [3.05, 3.63) is 48.0 Å². The van der Waals surface area contributed by atoms with Crippen LogP contribution in [0.5, 0.6) is 0 Å². The van der Waals surface area contributed by atoms with E-state index in [1.54, 1.807) is 4.68 Å². The molecule has 8 heteroatoms. The van der Waals surface area contributed by atoms with Crippen LogP contribution in [0.25, 0.3) is 0 Å². The molecule has 1 heterocycles. The third-order valence-corrected chi connectivity index (χ3v) is 4.19. The summed E-state index contributed by atoms with van der Waals surface area (Å²) in [6, 6.07) is 4.42. The molecule has 0 radical (unpaired) electrons. The fourth-order valence-corrected chi connectivity index (χ4v) is 2.69. The summed E-state index contributed by atoms with van der Waals surface area (Å²) in [6.45, 7) is 5.68. The molecule has 0 saturated heterocycles. The Hall–Kier alpha value is -2.22. The van der Waals surface area contributed by atoms with E-state index < -0.39 is 21.7 Å². The lowest BCUT2D eigenvalue weighted by atomic mass is 10.1. The largest absolute Gasteiger partial charge is 0.268 e. The maximum absolute atomic E-state index is 13.1. The first kappa shape index (κ1) is 16.2. The molecule has 1 amide bonds. The molecule has 1 aromatic heterocycles. The Morgan fingerprint density at radius 2 is 2.00 bits per heavy atom. The molecule has 0 aliphatic heterocycles. The molecule has 22 heavy (non-hydrogen) atoms. The minimum atomic E-state index is -4.13. The Kier molecular flexibility index (Phi) is 4.06. The monoisotopic (exact) mass is 325 g/mol. The van der Waals surface area contributed by atoms with Crippen molar-refractivity contribution < 1.29 is 17.6 Å². The average molecular weight is 325 g/mol. The lowest BCUT2D eigenvalue weighted by Gasteiger charge is -2.18. The van der Waals surface area contributed by atoms with E-state index in [-0.39, 0.29) is 16.0 Å². The maximum Gasteiger partial charge on any atom is 0.268 e. The number of carbonyl (C=O) groups is 1. The third kappa shape index (κ3) is 3.51. The highest BCUT2D eigenvalue weighted by molar-refractivity contribution is 7.90. The Morgan fingerprint density at radius 3 is 2.55 bits per heavy atom. The number of rotatable bonds is 3. The van der Waals surface area contributed by atoms with Gasteiger partial charge in [0.05, 0.1) is 22.2 Å². The number of halogens is 1. The molecular weight excluding hydrogens is 309 g/mol. The van der Waals surface area contributed by atoms with Gasteiger partial charge in [0.1, 0.15) is 5.82 Å². The molecule has 0 bridgehead atoms. The zero-order valence-electron chi connectivity index (χ0n) is 12.4. The molecular formula is C14H16FN3O3S. The fourth-order valence-electron chi connectivity index (χ4n) is 1.68. The molecule has 1 N–H and O–H groups in total. The molecule has 0 aliphatic rings. The Balaban J connectivity index is 2.23. The Morgan fingerprint density at radius 1 is 1.32 bits per heavy atom. The zero-order chi connectivity index (χ0) is 16.5. The van der Waals surface area contributed by atoms with E-state index in [1.807, 2.05) is 25.5 Å². The lowest BCUT2D eigenvalue weighted by molar-refractivity contribution is 0.0981. The zero-order valence-corrected chi connectivity index (χ0v) is 13.2. The van der Waals surface area contributed by atoms with E-state index in [9.17, 15) is 17.6 Å². The van der Waals surface area contributed by atoms with Gasteiger partial charge in [0, 0.05) is 6.20 Å². The van der Waals surface area contributed by atoms with Crippen LogP contribution in [0, 0.1) is 5.82 Å². The number of nitrogens with zero attached hydrogens (tertiary/aromatic N) is 2. The van der Waals surface area contributed by atoms with Gasteiger partial charge in [0.25, 0.3) is 15.9 Å². The van der Waals surface area contributed by atoms with Crippen LogP contribution in [0.15, 0.2) is 41.6 Å². The van der Waals surface area contributed by atoms with Gasteiger partial charge in [-0.1, -0.05) is 6.07 Å². The number of hydrogen-bond acceptors (Lipinski definition) is 4. The predicted octanol–water partition coefficient (Wildman–Crippen LogP) is 1.90. The normalized spacial score (nSPS) is 12.2. The number of nitrogens with one attached hydrogen (secondary N) is 1. The molecule has 2 rings (SSSR count). The summed E-state index contributed by atoms with van der Waals surface area (Å²) in [5, 5.41) is 4.03. The van der Waals surface area contributed by atoms with Gasteiger partial charge in [-0.3, -0.25) is 9.48 Å². The van der Waals surface area contributed by atoms with Gasteiger partial charge in [-0.15, -0.1) is 0 Å². The number of carbonyl (C=O) groups excluding carboxylic acids is 1. The second kappa shape index (κ2) is 5.53. The summed E-state index contributed by atoms with van der Waals surface area (Å²) >= 11 is 0. The van der Waals surface area contributed by atoms with E-state index in [0.29, 0.717) is 0 Å². The van der Waals surface area contributed by atoms with Crippen molar-refractivity contribution in [2.24, 2.45) is 0 Å². The van der Waals surface area contributed by atoms with Gasteiger partial charge >= 0.3 is 0 Å². The first-order valence-electron chi connectivity index (χ1n) is 6.47. The molecule has 2 aromatic rings. The summed E-state index contributed by atoms with van der Waals surface area (Å²) in [4.78, 5) is 11.7. The summed E-state index contributed by atoms with van der Waals surface area (Å²) in [5.74, 6) is -1.52. The first-order chi connectivity index (χ1) is 10.1. The molecule has 0 fully saturated rings. The fraction of sp³-hybridized carbons (Fsp3) is 0.286. The van der Waals surface area contributed by atoms with Crippen molar-refractivity contribution in [2.45, 2.75) is 31.2 Å². The Bertz CT molecular complexity index is 807. The van der Waals surface area contributed by atoms with Gasteiger partial charge in [0.15, 0.2) is 0 Å². The average Bonchev–Trinajstić information content (AvgIpc) is 2.87. The van der Waals surface area contributed by atoms with Crippen LogP contribution in [0.1, 0.15) is 31.1 Å². The van der Waals surface area contributed by atoms with Crippen molar-refractivity contribution in [3.63, 3.8) is 0 Å². The van der Waals surface area contributed by atoms with Crippen molar-refractivity contribution in [3.8, 4) is 0 Å². The summed E-state index contributed by atoms with van der Waals surface area (Å²) in [7, 11) is -4.13. The van der Waals surface area contributed by atoms with Crippen molar-refractivity contribution in [1.29, 1.82) is 0 Å². The van der Waals surface area contributed by atoms with E-state index in [2.05, 4.69) is 5.10 Å². The van der Waals surface area contributed by atoms with Crippen molar-refractivity contribution in [2.75, 3.05) is 0 Å². The number of benzene rings is 1. The van der Waals surface area contributed by atoms with Gasteiger partial charge in [-0.25, -0.2) is 17.5 Å². The van der Waals surface area contributed by atoms with Gasteiger partial charge in [-0.2, -0.15) is 5.10 Å². The van der Waals surface area contributed by atoms with E-state index in [4.69, 9.17) is 0 Å². The summed E-state index contributed by atoms with van der Waals surface area (Å²) in [6.07, 6.45) is 2.73. The second-order valence-electron chi connectivity index (χ2n) is 5.74. The molecule has 0 spiro atoms. The number of sulfonamides is 1. The third-order valence-electron chi connectivity index (χ3n) is 2.87. The van der Waals surface area contributed by atoms with Crippen LogP contribution >= 0.6 is 0 Å². The lowest BCUT2D eigenvalue weighted by Crippen LogP contribution is -2.30. The number of hydrogen-bond donors (Lipinski definition) is 1. The smallest absolute Gasteiger partial charge is 0.268 e. The summed E-state index contributed by atoms with van der Waals surface area (Å²) in [5.41, 5.74) is -0.227. The van der Waals surface area contributed by atoms with E-state index in [0.717, 1.165) is 12.1 Å². The molecule has 0 atom stereocenters. The molecule has 1 aromatic carbocycles. The maximum atomic E-state index is 13.1. The SMILES string of the molecule is CC(C)(C)n1cc(C(=O)NS(=O)(=O)c2cccc(F)c2)cn1.